The largest absolute Gasteiger partial charge is 0.460 e. The highest BCUT2D eigenvalue weighted by Crippen LogP contribution is 2.49. The molecule has 0 aliphatic heterocycles. The van der Waals surface area contributed by atoms with E-state index >= 15 is 0 Å². The lowest BCUT2D eigenvalue weighted by Gasteiger charge is -2.19. The van der Waals surface area contributed by atoms with E-state index in [1.165, 1.54) is 22.9 Å². The summed E-state index contributed by atoms with van der Waals surface area (Å²) in [6.07, 6.45) is 3.57. The molecule has 2 unspecified atom stereocenters. The van der Waals surface area contributed by atoms with Gasteiger partial charge in [-0.2, -0.15) is 4.98 Å². The Morgan fingerprint density at radius 2 is 1.92 bits per heavy atom. The summed E-state index contributed by atoms with van der Waals surface area (Å²) in [4.78, 5) is 21.2. The second kappa shape index (κ2) is 8.37. The third-order valence-electron chi connectivity index (χ3n) is 6.08. The van der Waals surface area contributed by atoms with E-state index < -0.39 is 11.5 Å². The lowest BCUT2D eigenvalue weighted by Crippen LogP contribution is -2.25. The molecule has 2 atom stereocenters. The summed E-state index contributed by atoms with van der Waals surface area (Å²) in [5.41, 5.74) is 2.67. The predicted molar refractivity (Wildman–Crippen MR) is 130 cm³/mol. The van der Waals surface area contributed by atoms with E-state index in [2.05, 4.69) is 15.1 Å². The second-order valence-electron chi connectivity index (χ2n) is 10.3. The van der Waals surface area contributed by atoms with E-state index in [0.717, 1.165) is 30.0 Å². The number of pyridine rings is 1. The maximum atomic E-state index is 13.8. The third kappa shape index (κ3) is 4.72. The fourth-order valence-electron chi connectivity index (χ4n) is 4.21. The Balaban J connectivity index is 1.37. The molecular formula is C26H25ClF2N4O3. The van der Waals surface area contributed by atoms with Crippen LogP contribution in [0.1, 0.15) is 56.7 Å². The zero-order valence-electron chi connectivity index (χ0n) is 20.5. The molecule has 36 heavy (non-hydrogen) atoms. The summed E-state index contributed by atoms with van der Waals surface area (Å²) in [5, 5.41) is 4.18. The zero-order valence-corrected chi connectivity index (χ0v) is 21.2. The molecule has 1 aliphatic rings. The van der Waals surface area contributed by atoms with Gasteiger partial charge in [0.2, 0.25) is 5.82 Å². The Hall–Kier alpha value is -3.33. The summed E-state index contributed by atoms with van der Waals surface area (Å²) >= 11 is 6.19. The maximum absolute atomic E-state index is 13.8. The molecular weight excluding hydrogens is 490 g/mol. The number of esters is 1. The standard InChI is InChI=1S/C26H25ClF2N4O3/c1-13-8-14(17-10-18(17)24(34)35-25(2,3)4)6-7-16(13)21-31-23(36-32-21)20-12-33-11-15(26(5,28)29)9-19(27)22(33)30-20/h6-9,11-12,17-18H,10H2,1-5H3. The van der Waals surface area contributed by atoms with Crippen molar-refractivity contribution in [3.63, 3.8) is 0 Å². The number of aryl methyl sites for hydroxylation is 1. The highest BCUT2D eigenvalue weighted by atomic mass is 35.5. The monoisotopic (exact) mass is 514 g/mol. The zero-order chi connectivity index (χ0) is 26.0. The number of ether oxygens (including phenoxy) is 1. The summed E-state index contributed by atoms with van der Waals surface area (Å²) < 4.78 is 39.9. The number of carbonyl (C=O) groups excluding carboxylic acids is 1. The Morgan fingerprint density at radius 1 is 1.17 bits per heavy atom. The molecule has 1 saturated carbocycles. The van der Waals surface area contributed by atoms with Gasteiger partial charge in [-0.05, 0) is 57.2 Å². The van der Waals surface area contributed by atoms with Gasteiger partial charge in [-0.15, -0.1) is 0 Å². The summed E-state index contributed by atoms with van der Waals surface area (Å²) in [5.74, 6) is -2.68. The second-order valence-corrected chi connectivity index (χ2v) is 10.7. The molecule has 188 valence electrons. The van der Waals surface area contributed by atoms with Gasteiger partial charge in [0.05, 0.1) is 10.9 Å². The number of aromatic nitrogens is 4. The Kier molecular flexibility index (Phi) is 5.66. The predicted octanol–water partition coefficient (Wildman–Crippen LogP) is 6.57. The van der Waals surface area contributed by atoms with Crippen LogP contribution in [0.2, 0.25) is 5.02 Å². The van der Waals surface area contributed by atoms with Crippen molar-refractivity contribution >= 4 is 23.2 Å². The summed E-state index contributed by atoms with van der Waals surface area (Å²) in [7, 11) is 0. The van der Waals surface area contributed by atoms with Gasteiger partial charge in [-0.25, -0.2) is 13.8 Å². The Labute approximate surface area is 211 Å². The van der Waals surface area contributed by atoms with Crippen LogP contribution < -0.4 is 0 Å². The number of imidazole rings is 1. The van der Waals surface area contributed by atoms with E-state index in [0.29, 0.717) is 17.2 Å². The molecule has 0 amide bonds. The number of halogens is 3. The number of hydrogen-bond donors (Lipinski definition) is 0. The van der Waals surface area contributed by atoms with Gasteiger partial charge in [0.1, 0.15) is 11.3 Å². The van der Waals surface area contributed by atoms with Crippen LogP contribution in [-0.4, -0.2) is 31.1 Å². The number of benzene rings is 1. The van der Waals surface area contributed by atoms with Gasteiger partial charge in [0, 0.05) is 30.4 Å². The molecule has 0 saturated heterocycles. The first-order valence-corrected chi connectivity index (χ1v) is 11.9. The molecule has 0 spiro atoms. The van der Waals surface area contributed by atoms with Gasteiger partial charge in [-0.3, -0.25) is 4.79 Å². The summed E-state index contributed by atoms with van der Waals surface area (Å²) in [6, 6.07) is 7.09. The van der Waals surface area contributed by atoms with Crippen molar-refractivity contribution in [1.29, 1.82) is 0 Å². The van der Waals surface area contributed by atoms with Gasteiger partial charge in [0.15, 0.2) is 5.65 Å². The minimum absolute atomic E-state index is 0.0937. The van der Waals surface area contributed by atoms with Crippen molar-refractivity contribution in [2.45, 2.75) is 58.5 Å². The van der Waals surface area contributed by atoms with Crippen molar-refractivity contribution in [2.24, 2.45) is 5.92 Å². The average Bonchev–Trinajstić information content (AvgIpc) is 3.20. The van der Waals surface area contributed by atoms with Gasteiger partial charge < -0.3 is 13.7 Å². The van der Waals surface area contributed by atoms with Gasteiger partial charge >= 0.3 is 5.97 Å². The molecule has 0 radical (unpaired) electrons. The number of rotatable bonds is 5. The first-order chi connectivity index (χ1) is 16.8. The van der Waals surface area contributed by atoms with E-state index in [-0.39, 0.29) is 34.3 Å². The molecule has 10 heteroatoms. The SMILES string of the molecule is Cc1cc(C2CC2C(=O)OC(C)(C)C)ccc1-c1noc(-c2cn3cc(C(C)(F)F)cc(Cl)c3n2)n1. The van der Waals surface area contributed by atoms with E-state index in [9.17, 15) is 13.6 Å². The van der Waals surface area contributed by atoms with Crippen LogP contribution in [0.25, 0.3) is 28.6 Å². The number of fused-ring (bicyclic) bond motifs is 1. The van der Waals surface area contributed by atoms with Crippen LogP contribution in [0, 0.1) is 12.8 Å². The maximum Gasteiger partial charge on any atom is 0.310 e. The van der Waals surface area contributed by atoms with Gasteiger partial charge in [-0.1, -0.05) is 35.0 Å². The van der Waals surface area contributed by atoms with E-state index in [1.807, 2.05) is 45.9 Å². The third-order valence-corrected chi connectivity index (χ3v) is 6.36. The highest BCUT2D eigenvalue weighted by molar-refractivity contribution is 6.33. The minimum Gasteiger partial charge on any atom is -0.460 e. The van der Waals surface area contributed by atoms with E-state index in [4.69, 9.17) is 20.9 Å². The molecule has 5 rings (SSSR count). The van der Waals surface area contributed by atoms with Crippen molar-refractivity contribution in [3.05, 3.63) is 58.4 Å². The highest BCUT2D eigenvalue weighted by Gasteiger charge is 2.46. The quantitative estimate of drug-likeness (QED) is 0.280. The lowest BCUT2D eigenvalue weighted by molar-refractivity contribution is -0.156. The number of alkyl halides is 2. The lowest BCUT2D eigenvalue weighted by atomic mass is 10.0. The van der Waals surface area contributed by atoms with Gasteiger partial charge in [0.25, 0.3) is 11.8 Å². The van der Waals surface area contributed by atoms with Crippen LogP contribution >= 0.6 is 11.6 Å². The first-order valence-electron chi connectivity index (χ1n) is 11.5. The van der Waals surface area contributed by atoms with E-state index in [1.54, 1.807) is 0 Å². The fraction of sp³-hybridized carbons (Fsp3) is 0.385. The molecule has 1 aromatic carbocycles. The molecule has 4 aromatic rings. The molecule has 0 bridgehead atoms. The molecule has 1 fully saturated rings. The smallest absolute Gasteiger partial charge is 0.310 e. The van der Waals surface area contributed by atoms with Crippen LogP contribution in [0.4, 0.5) is 8.78 Å². The van der Waals surface area contributed by atoms with Crippen molar-refractivity contribution in [3.8, 4) is 23.0 Å². The number of nitrogens with zero attached hydrogens (tertiary/aromatic N) is 4. The van der Waals surface area contributed by atoms with Crippen molar-refractivity contribution in [1.82, 2.24) is 19.5 Å². The van der Waals surface area contributed by atoms with Crippen molar-refractivity contribution < 1.29 is 22.8 Å². The normalized spacial score (nSPS) is 18.0. The Morgan fingerprint density at radius 3 is 2.58 bits per heavy atom. The first kappa shape index (κ1) is 24.4. The molecule has 0 N–H and O–H groups in total. The van der Waals surface area contributed by atoms with Crippen molar-refractivity contribution in [2.75, 3.05) is 0 Å². The van der Waals surface area contributed by atoms with Crippen LogP contribution in [0.15, 0.2) is 41.2 Å². The Bertz CT molecular complexity index is 1480. The minimum atomic E-state index is -3.04. The fourth-order valence-corrected chi connectivity index (χ4v) is 4.46. The molecule has 3 heterocycles. The molecule has 7 nitrogen and oxygen atoms in total. The number of hydrogen-bond acceptors (Lipinski definition) is 6. The molecule has 3 aromatic heterocycles. The van der Waals surface area contributed by atoms with Crippen LogP contribution in [0.3, 0.4) is 0 Å². The summed E-state index contributed by atoms with van der Waals surface area (Å²) in [6.45, 7) is 8.34. The van der Waals surface area contributed by atoms with Crippen LogP contribution in [-0.2, 0) is 15.5 Å². The topological polar surface area (TPSA) is 82.5 Å². The molecule has 1 aliphatic carbocycles. The number of carbonyl (C=O) groups is 1. The average molecular weight is 515 g/mol. The van der Waals surface area contributed by atoms with Crippen LogP contribution in [0.5, 0.6) is 0 Å².